The summed E-state index contributed by atoms with van der Waals surface area (Å²) in [5.41, 5.74) is 1.59. The molecule has 9 heteroatoms. The first kappa shape index (κ1) is 29.5. The molecule has 37 heavy (non-hydrogen) atoms. The molecule has 5 atom stereocenters. The van der Waals surface area contributed by atoms with E-state index in [1.807, 2.05) is 46.0 Å². The summed E-state index contributed by atoms with van der Waals surface area (Å²) in [5, 5.41) is 11.5. The number of rotatable bonds is 3. The van der Waals surface area contributed by atoms with Crippen molar-refractivity contribution < 1.29 is 24.2 Å². The van der Waals surface area contributed by atoms with Crippen LogP contribution in [0.4, 0.5) is 4.79 Å². The molecule has 0 unspecified atom stereocenters. The minimum Gasteiger partial charge on any atom is -0.457 e. The van der Waals surface area contributed by atoms with Crippen LogP contribution in [0.25, 0.3) is 6.08 Å². The fourth-order valence-electron chi connectivity index (χ4n) is 4.63. The molecule has 7 nitrogen and oxygen atoms in total. The summed E-state index contributed by atoms with van der Waals surface area (Å²) in [7, 11) is 2.04. The van der Waals surface area contributed by atoms with Gasteiger partial charge in [-0.05, 0) is 68.1 Å². The molecule has 2 aliphatic heterocycles. The maximum absolute atomic E-state index is 12.9. The molecule has 1 aromatic carbocycles. The number of cyclic esters (lactones) is 1. The van der Waals surface area contributed by atoms with Gasteiger partial charge in [0.1, 0.15) is 12.2 Å². The van der Waals surface area contributed by atoms with Gasteiger partial charge in [-0.3, -0.25) is 4.79 Å². The van der Waals surface area contributed by atoms with E-state index in [4.69, 9.17) is 32.7 Å². The molecule has 0 radical (unpaired) electrons. The Morgan fingerprint density at radius 2 is 1.73 bits per heavy atom. The lowest BCUT2D eigenvalue weighted by Gasteiger charge is -2.33. The Morgan fingerprint density at radius 3 is 2.38 bits per heavy atom. The quantitative estimate of drug-likeness (QED) is 0.397. The molecule has 1 aromatic rings. The van der Waals surface area contributed by atoms with E-state index in [9.17, 15) is 14.7 Å². The van der Waals surface area contributed by atoms with Crippen LogP contribution in [0.3, 0.4) is 0 Å². The van der Waals surface area contributed by atoms with Crippen LogP contribution in [0, 0.1) is 11.8 Å². The fourth-order valence-corrected chi connectivity index (χ4v) is 5.18. The van der Waals surface area contributed by atoms with Crippen LogP contribution >= 0.6 is 23.2 Å². The summed E-state index contributed by atoms with van der Waals surface area (Å²) >= 11 is 12.3. The van der Waals surface area contributed by atoms with Gasteiger partial charge in [-0.15, -0.1) is 0 Å². The zero-order valence-corrected chi connectivity index (χ0v) is 23.5. The third kappa shape index (κ3) is 9.02. The van der Waals surface area contributed by atoms with E-state index in [-0.39, 0.29) is 24.3 Å². The van der Waals surface area contributed by atoms with E-state index in [0.717, 1.165) is 24.2 Å². The van der Waals surface area contributed by atoms with E-state index in [2.05, 4.69) is 4.90 Å². The van der Waals surface area contributed by atoms with Gasteiger partial charge in [0.2, 0.25) is 0 Å². The third-order valence-corrected chi connectivity index (χ3v) is 7.42. The molecule has 0 saturated carbocycles. The number of aliphatic hydroxyl groups is 1. The summed E-state index contributed by atoms with van der Waals surface area (Å²) in [5.74, 6) is -0.710. The van der Waals surface area contributed by atoms with Gasteiger partial charge in [0, 0.05) is 42.1 Å². The van der Waals surface area contributed by atoms with Crippen molar-refractivity contribution in [1.82, 2.24) is 9.80 Å². The molecule has 0 aliphatic carbocycles. The number of esters is 1. The Hall–Kier alpha value is -2.06. The number of aliphatic hydroxyl groups excluding tert-OH is 1. The first-order chi connectivity index (χ1) is 17.5. The predicted octanol–water partition coefficient (Wildman–Crippen LogP) is 5.43. The number of nitrogens with zero attached hydrogens (tertiary/aromatic N) is 2. The van der Waals surface area contributed by atoms with Crippen LogP contribution in [0.1, 0.15) is 45.6 Å². The second-order valence-corrected chi connectivity index (χ2v) is 11.2. The number of carbonyl (C=O) groups excluding carboxylic acids is 2. The van der Waals surface area contributed by atoms with Crippen molar-refractivity contribution in [3.63, 3.8) is 0 Å². The Kier molecular flexibility index (Phi) is 10.9. The first-order valence-electron chi connectivity index (χ1n) is 12.9. The molecule has 0 bridgehead atoms. The second kappa shape index (κ2) is 13.7. The van der Waals surface area contributed by atoms with Crippen LogP contribution in [-0.2, 0) is 14.3 Å². The van der Waals surface area contributed by atoms with Crippen molar-refractivity contribution >= 4 is 41.3 Å². The number of ether oxygens (including phenoxy) is 2. The van der Waals surface area contributed by atoms with Crippen molar-refractivity contribution in [2.75, 3.05) is 33.2 Å². The molecule has 204 valence electrons. The zero-order chi connectivity index (χ0) is 27.1. The summed E-state index contributed by atoms with van der Waals surface area (Å²) < 4.78 is 11.8. The van der Waals surface area contributed by atoms with Crippen LogP contribution < -0.4 is 0 Å². The molecule has 1 N–H and O–H groups in total. The number of benzene rings is 1. The van der Waals surface area contributed by atoms with Crippen LogP contribution in [-0.4, -0.2) is 78.5 Å². The molecule has 2 aliphatic rings. The van der Waals surface area contributed by atoms with Crippen molar-refractivity contribution in [1.29, 1.82) is 0 Å². The lowest BCUT2D eigenvalue weighted by molar-refractivity contribution is -0.151. The largest absolute Gasteiger partial charge is 0.457 e. The summed E-state index contributed by atoms with van der Waals surface area (Å²) in [6.07, 6.45) is 4.42. The van der Waals surface area contributed by atoms with Gasteiger partial charge in [-0.2, -0.15) is 0 Å². The van der Waals surface area contributed by atoms with Crippen molar-refractivity contribution in [3.05, 3.63) is 51.5 Å². The van der Waals surface area contributed by atoms with E-state index in [1.165, 1.54) is 0 Å². The number of halogens is 2. The normalized spacial score (nSPS) is 29.6. The van der Waals surface area contributed by atoms with Gasteiger partial charge in [-0.1, -0.05) is 49.2 Å². The van der Waals surface area contributed by atoms with Gasteiger partial charge in [0.15, 0.2) is 0 Å². The van der Waals surface area contributed by atoms with Crippen molar-refractivity contribution in [2.45, 2.75) is 58.3 Å². The molecule has 1 amide bonds. The minimum absolute atomic E-state index is 0.0337. The summed E-state index contributed by atoms with van der Waals surface area (Å²) in [4.78, 5) is 29.5. The van der Waals surface area contributed by atoms with Gasteiger partial charge >= 0.3 is 12.1 Å². The SMILES string of the molecule is C/C(=C\c1cc(Cl)cc(Cl)c1)[C@H]1OC(=O)C[C@H](O)CC[C@H](C)[C@H](OC(=O)N2CCN(C)CC2)/C=C/[C@@H]1C. The molecule has 1 saturated heterocycles. The first-order valence-corrected chi connectivity index (χ1v) is 13.6. The second-order valence-electron chi connectivity index (χ2n) is 10.3. The predicted molar refractivity (Wildman–Crippen MR) is 147 cm³/mol. The Morgan fingerprint density at radius 1 is 1.08 bits per heavy atom. The molecule has 0 spiro atoms. The molecular weight excluding hydrogens is 515 g/mol. The molecule has 1 fully saturated rings. The number of amides is 1. The van der Waals surface area contributed by atoms with E-state index in [1.54, 1.807) is 23.1 Å². The molecule has 2 heterocycles. The zero-order valence-electron chi connectivity index (χ0n) is 22.0. The third-order valence-electron chi connectivity index (χ3n) is 6.99. The van der Waals surface area contributed by atoms with E-state index >= 15 is 0 Å². The number of piperazine rings is 1. The van der Waals surface area contributed by atoms with E-state index < -0.39 is 24.3 Å². The fraction of sp³-hybridized carbons (Fsp3) is 0.571. The highest BCUT2D eigenvalue weighted by Crippen LogP contribution is 2.27. The number of carbonyl (C=O) groups is 2. The lowest BCUT2D eigenvalue weighted by atomic mass is 9.91. The topological polar surface area (TPSA) is 79.3 Å². The monoisotopic (exact) mass is 552 g/mol. The average Bonchev–Trinajstić information content (AvgIpc) is 2.82. The Labute approximate surface area is 230 Å². The molecular formula is C28H38Cl2N2O5. The molecule has 3 rings (SSSR count). The van der Waals surface area contributed by atoms with Gasteiger partial charge in [0.25, 0.3) is 0 Å². The van der Waals surface area contributed by atoms with Gasteiger partial charge in [-0.25, -0.2) is 4.79 Å². The number of hydrogen-bond acceptors (Lipinski definition) is 6. The smallest absolute Gasteiger partial charge is 0.410 e. The summed E-state index contributed by atoms with van der Waals surface area (Å²) in [6, 6.07) is 5.23. The standard InChI is InChI=1S/C28H38Cl2N2O5/c1-18-5-7-24(33)17-26(34)37-27(20(3)13-21-14-22(29)16-23(30)15-21)19(2)6-8-25(18)36-28(35)32-11-9-31(4)10-12-32/h6,8,13-16,18-19,24-25,27,33H,5,7,9-12,17H2,1-4H3/b8-6+,20-13+/t18-,19-,24+,25+,27-/m0/s1. The van der Waals surface area contributed by atoms with E-state index in [0.29, 0.717) is 36.0 Å². The van der Waals surface area contributed by atoms with Crippen molar-refractivity contribution in [2.24, 2.45) is 11.8 Å². The highest BCUT2D eigenvalue weighted by molar-refractivity contribution is 6.34. The maximum Gasteiger partial charge on any atom is 0.410 e. The van der Waals surface area contributed by atoms with Crippen LogP contribution in [0.2, 0.25) is 10.0 Å². The Balaban J connectivity index is 1.84. The highest BCUT2D eigenvalue weighted by Gasteiger charge is 2.29. The lowest BCUT2D eigenvalue weighted by Crippen LogP contribution is -2.48. The maximum atomic E-state index is 12.9. The van der Waals surface area contributed by atoms with Gasteiger partial charge in [0.05, 0.1) is 12.5 Å². The highest BCUT2D eigenvalue weighted by atomic mass is 35.5. The van der Waals surface area contributed by atoms with Gasteiger partial charge < -0.3 is 24.4 Å². The summed E-state index contributed by atoms with van der Waals surface area (Å²) in [6.45, 7) is 8.71. The van der Waals surface area contributed by atoms with Crippen molar-refractivity contribution in [3.8, 4) is 0 Å². The van der Waals surface area contributed by atoms with Crippen LogP contribution in [0.15, 0.2) is 35.9 Å². The number of likely N-dealkylation sites (N-methyl/N-ethyl adjacent to an activating group) is 1. The molecule has 0 aromatic heterocycles. The van der Waals surface area contributed by atoms with Crippen LogP contribution in [0.5, 0.6) is 0 Å². The Bertz CT molecular complexity index is 986. The average molecular weight is 554 g/mol. The minimum atomic E-state index is -0.834. The number of hydrogen-bond donors (Lipinski definition) is 1.